The van der Waals surface area contributed by atoms with E-state index in [4.69, 9.17) is 4.98 Å². The van der Waals surface area contributed by atoms with E-state index in [9.17, 15) is 19.8 Å². The lowest BCUT2D eigenvalue weighted by atomic mass is 10.1. The summed E-state index contributed by atoms with van der Waals surface area (Å²) in [5.41, 5.74) is 3.32. The van der Waals surface area contributed by atoms with Gasteiger partial charge in [0, 0.05) is 37.4 Å². The van der Waals surface area contributed by atoms with Crippen LogP contribution in [0.4, 0.5) is 17.5 Å². The number of piperazine rings is 1. The first-order valence-corrected chi connectivity index (χ1v) is 11.6. The third-order valence-electron chi connectivity index (χ3n) is 6.59. The summed E-state index contributed by atoms with van der Waals surface area (Å²) in [6, 6.07) is 14.5. The Balaban J connectivity index is 1.35. The maximum atomic E-state index is 13.2. The SMILES string of the molecule is O=C(O)Cn1cnc2c(N3Cc4ccccc4C3=O)nc(N3CCN(c4ccc(O)cc4)CC3)nc21. The van der Waals surface area contributed by atoms with Crippen LogP contribution < -0.4 is 14.7 Å². The lowest BCUT2D eigenvalue weighted by molar-refractivity contribution is -0.137. The number of imidazole rings is 1. The first-order valence-electron chi connectivity index (χ1n) is 11.6. The minimum Gasteiger partial charge on any atom is -0.508 e. The number of rotatable bonds is 5. The number of benzene rings is 2. The van der Waals surface area contributed by atoms with Gasteiger partial charge in [0.1, 0.15) is 12.3 Å². The molecule has 0 spiro atoms. The molecule has 182 valence electrons. The Kier molecular flexibility index (Phi) is 5.17. The van der Waals surface area contributed by atoms with Gasteiger partial charge in [-0.3, -0.25) is 14.5 Å². The van der Waals surface area contributed by atoms with Crippen LogP contribution in [0.5, 0.6) is 5.75 Å². The number of aromatic hydroxyl groups is 1. The zero-order chi connectivity index (χ0) is 24.8. The minimum absolute atomic E-state index is 0.165. The molecule has 2 aliphatic heterocycles. The number of amides is 1. The zero-order valence-electron chi connectivity index (χ0n) is 19.3. The smallest absolute Gasteiger partial charge is 0.323 e. The number of phenols is 1. The van der Waals surface area contributed by atoms with E-state index in [0.29, 0.717) is 61.2 Å². The van der Waals surface area contributed by atoms with Crippen molar-refractivity contribution in [1.29, 1.82) is 0 Å². The van der Waals surface area contributed by atoms with E-state index >= 15 is 0 Å². The minimum atomic E-state index is -1.01. The van der Waals surface area contributed by atoms with Crippen LogP contribution in [0.3, 0.4) is 0 Å². The van der Waals surface area contributed by atoms with E-state index in [1.165, 1.54) is 10.9 Å². The van der Waals surface area contributed by atoms with E-state index < -0.39 is 5.97 Å². The highest BCUT2D eigenvalue weighted by Crippen LogP contribution is 2.33. The number of carboxylic acids is 1. The predicted octanol–water partition coefficient (Wildman–Crippen LogP) is 2.10. The number of aromatic nitrogens is 4. The summed E-state index contributed by atoms with van der Waals surface area (Å²) in [7, 11) is 0. The molecule has 4 aromatic rings. The Morgan fingerprint density at radius 1 is 0.944 bits per heavy atom. The molecule has 0 atom stereocenters. The van der Waals surface area contributed by atoms with Gasteiger partial charge in [-0.25, -0.2) is 4.98 Å². The number of nitrogens with zero attached hydrogens (tertiary/aromatic N) is 7. The average Bonchev–Trinajstić information content (AvgIpc) is 3.44. The molecule has 1 fully saturated rings. The quantitative estimate of drug-likeness (QED) is 0.437. The van der Waals surface area contributed by atoms with E-state index in [0.717, 1.165) is 11.3 Å². The average molecular weight is 486 g/mol. The normalized spacial score (nSPS) is 15.6. The lowest BCUT2D eigenvalue weighted by Crippen LogP contribution is -2.47. The van der Waals surface area contributed by atoms with Crippen molar-refractivity contribution < 1.29 is 19.8 Å². The Morgan fingerprint density at radius 2 is 1.67 bits per heavy atom. The van der Waals surface area contributed by atoms with Crippen molar-refractivity contribution in [2.75, 3.05) is 40.9 Å². The van der Waals surface area contributed by atoms with Crippen LogP contribution in [0, 0.1) is 0 Å². The van der Waals surface area contributed by atoms with Gasteiger partial charge in [0.2, 0.25) is 5.95 Å². The molecule has 2 N–H and O–H groups in total. The molecule has 4 heterocycles. The Hall–Kier alpha value is -4.67. The Labute approximate surface area is 205 Å². The molecule has 11 nitrogen and oxygen atoms in total. The number of phenolic OH excluding ortho intramolecular Hbond substituents is 1. The number of anilines is 3. The third kappa shape index (κ3) is 3.74. The van der Waals surface area contributed by atoms with Crippen LogP contribution in [0.25, 0.3) is 11.2 Å². The fourth-order valence-corrected chi connectivity index (χ4v) is 4.76. The molecule has 6 rings (SSSR count). The summed E-state index contributed by atoms with van der Waals surface area (Å²) in [5, 5.41) is 18.9. The second-order valence-corrected chi connectivity index (χ2v) is 8.82. The highest BCUT2D eigenvalue weighted by atomic mass is 16.4. The van der Waals surface area contributed by atoms with E-state index in [2.05, 4.69) is 14.9 Å². The molecule has 1 amide bonds. The highest BCUT2D eigenvalue weighted by molar-refractivity contribution is 6.12. The number of carbonyl (C=O) groups excluding carboxylic acids is 1. The molecular weight excluding hydrogens is 462 g/mol. The van der Waals surface area contributed by atoms with Gasteiger partial charge in [-0.2, -0.15) is 9.97 Å². The van der Waals surface area contributed by atoms with Gasteiger partial charge in [0.05, 0.1) is 12.9 Å². The van der Waals surface area contributed by atoms with Gasteiger partial charge in [-0.05, 0) is 35.9 Å². The van der Waals surface area contributed by atoms with Crippen molar-refractivity contribution in [3.8, 4) is 5.75 Å². The second kappa shape index (κ2) is 8.52. The molecule has 0 aliphatic carbocycles. The molecule has 0 bridgehead atoms. The molecule has 1 saturated heterocycles. The monoisotopic (exact) mass is 485 g/mol. The first-order chi connectivity index (χ1) is 17.5. The number of aliphatic carboxylic acids is 1. The van der Waals surface area contributed by atoms with Crippen molar-refractivity contribution in [3.05, 3.63) is 66.0 Å². The van der Waals surface area contributed by atoms with Gasteiger partial charge < -0.3 is 24.6 Å². The van der Waals surface area contributed by atoms with Crippen LogP contribution in [-0.4, -0.2) is 67.8 Å². The predicted molar refractivity (Wildman–Crippen MR) is 132 cm³/mol. The van der Waals surface area contributed by atoms with E-state index in [-0.39, 0.29) is 18.2 Å². The maximum Gasteiger partial charge on any atom is 0.323 e. The molecule has 36 heavy (non-hydrogen) atoms. The van der Waals surface area contributed by atoms with E-state index in [1.807, 2.05) is 35.2 Å². The highest BCUT2D eigenvalue weighted by Gasteiger charge is 2.33. The maximum absolute atomic E-state index is 13.2. The molecule has 2 aliphatic rings. The molecule has 0 saturated carbocycles. The first kappa shape index (κ1) is 21.8. The van der Waals surface area contributed by atoms with Crippen LogP contribution in [0.15, 0.2) is 54.9 Å². The van der Waals surface area contributed by atoms with E-state index in [1.54, 1.807) is 23.1 Å². The zero-order valence-corrected chi connectivity index (χ0v) is 19.3. The molecule has 0 radical (unpaired) electrons. The number of fused-ring (bicyclic) bond motifs is 2. The molecule has 11 heteroatoms. The summed E-state index contributed by atoms with van der Waals surface area (Å²) in [6.45, 7) is 2.75. The van der Waals surface area contributed by atoms with Gasteiger partial charge in [-0.1, -0.05) is 18.2 Å². The Bertz CT molecular complexity index is 1480. The van der Waals surface area contributed by atoms with Gasteiger partial charge >= 0.3 is 5.97 Å². The molecule has 0 unspecified atom stereocenters. The molecule has 2 aromatic heterocycles. The van der Waals surface area contributed by atoms with Crippen molar-refractivity contribution >= 4 is 40.5 Å². The van der Waals surface area contributed by atoms with Gasteiger partial charge in [-0.15, -0.1) is 0 Å². The fourth-order valence-electron chi connectivity index (χ4n) is 4.76. The third-order valence-corrected chi connectivity index (χ3v) is 6.59. The van der Waals surface area contributed by atoms with Crippen LogP contribution >= 0.6 is 0 Å². The molecular formula is C25H23N7O4. The Morgan fingerprint density at radius 3 is 2.39 bits per heavy atom. The standard InChI is InChI=1S/C25H23N7O4/c33-18-7-5-17(6-8-18)29-9-11-30(12-10-29)25-27-22-21(26-15-31(22)14-20(34)35)23(28-25)32-13-16-3-1-2-4-19(16)24(32)36/h1-8,15,33H,9-14H2,(H,34,35). The largest absolute Gasteiger partial charge is 0.508 e. The summed E-state index contributed by atoms with van der Waals surface area (Å²) >= 11 is 0. The number of hydrogen-bond acceptors (Lipinski definition) is 8. The van der Waals surface area contributed by atoms with Crippen molar-refractivity contribution in [2.24, 2.45) is 0 Å². The second-order valence-electron chi connectivity index (χ2n) is 8.82. The van der Waals surface area contributed by atoms with Gasteiger partial charge in [0.25, 0.3) is 5.91 Å². The van der Waals surface area contributed by atoms with Crippen molar-refractivity contribution in [2.45, 2.75) is 13.1 Å². The summed E-state index contributed by atoms with van der Waals surface area (Å²) < 4.78 is 1.47. The summed E-state index contributed by atoms with van der Waals surface area (Å²) in [6.07, 6.45) is 1.43. The van der Waals surface area contributed by atoms with Crippen molar-refractivity contribution in [1.82, 2.24) is 19.5 Å². The van der Waals surface area contributed by atoms with Crippen molar-refractivity contribution in [3.63, 3.8) is 0 Å². The number of carboxylic acid groups (broad SMARTS) is 1. The number of hydrogen-bond donors (Lipinski definition) is 2. The lowest BCUT2D eigenvalue weighted by Gasteiger charge is -2.36. The van der Waals surface area contributed by atoms with Crippen LogP contribution in [0.1, 0.15) is 15.9 Å². The van der Waals surface area contributed by atoms with Gasteiger partial charge in [0.15, 0.2) is 17.0 Å². The topological polar surface area (TPSA) is 128 Å². The molecule has 2 aromatic carbocycles. The summed E-state index contributed by atoms with van der Waals surface area (Å²) in [5.74, 6) is -0.145. The van der Waals surface area contributed by atoms with Crippen LogP contribution in [0.2, 0.25) is 0 Å². The number of carbonyl (C=O) groups is 2. The van der Waals surface area contributed by atoms with Crippen LogP contribution in [-0.2, 0) is 17.9 Å². The summed E-state index contributed by atoms with van der Waals surface area (Å²) in [4.78, 5) is 44.4. The fraction of sp³-hybridized carbons (Fsp3) is 0.240.